The van der Waals surface area contributed by atoms with Crippen molar-refractivity contribution in [3.05, 3.63) is 35.9 Å². The smallest absolute Gasteiger partial charge is 0.235 e. The first-order chi connectivity index (χ1) is 8.53. The normalized spacial score (nSPS) is 11.2. The lowest BCUT2D eigenvalue weighted by Crippen LogP contribution is -2.37. The van der Waals surface area contributed by atoms with Crippen LogP contribution >= 0.6 is 11.6 Å². The second kappa shape index (κ2) is 7.35. The van der Waals surface area contributed by atoms with Crippen LogP contribution in [0, 0.1) is 0 Å². The Morgan fingerprint density at radius 1 is 1.22 bits per heavy atom. The van der Waals surface area contributed by atoms with E-state index in [0.717, 1.165) is 5.56 Å². The predicted octanol–water partition coefficient (Wildman–Crippen LogP) is 0.461. The molecule has 0 saturated carbocycles. The van der Waals surface area contributed by atoms with E-state index in [9.17, 15) is 13.2 Å². The lowest BCUT2D eigenvalue weighted by molar-refractivity contribution is -0.120. The van der Waals surface area contributed by atoms with Crippen LogP contribution < -0.4 is 10.0 Å². The molecule has 2 N–H and O–H groups in total. The molecule has 7 heteroatoms. The molecule has 0 heterocycles. The van der Waals surface area contributed by atoms with E-state index < -0.39 is 10.0 Å². The molecule has 0 saturated heterocycles. The lowest BCUT2D eigenvalue weighted by Gasteiger charge is -2.06. The maximum Gasteiger partial charge on any atom is 0.235 e. The van der Waals surface area contributed by atoms with E-state index in [2.05, 4.69) is 10.0 Å². The highest BCUT2D eigenvalue weighted by atomic mass is 35.5. The van der Waals surface area contributed by atoms with Crippen LogP contribution in [0.25, 0.3) is 0 Å². The van der Waals surface area contributed by atoms with Gasteiger partial charge in [0.1, 0.15) is 0 Å². The highest BCUT2D eigenvalue weighted by Gasteiger charge is 2.10. The van der Waals surface area contributed by atoms with Gasteiger partial charge in [-0.2, -0.15) is 0 Å². The zero-order valence-corrected chi connectivity index (χ0v) is 11.3. The van der Waals surface area contributed by atoms with E-state index in [-0.39, 0.29) is 24.1 Å². The number of carbonyl (C=O) groups is 1. The van der Waals surface area contributed by atoms with Gasteiger partial charge in [0.2, 0.25) is 15.9 Å². The van der Waals surface area contributed by atoms with Crippen LogP contribution in [-0.2, 0) is 21.4 Å². The van der Waals surface area contributed by atoms with E-state index >= 15 is 0 Å². The van der Waals surface area contributed by atoms with Gasteiger partial charge >= 0.3 is 0 Å². The van der Waals surface area contributed by atoms with Gasteiger partial charge in [-0.15, -0.1) is 11.6 Å². The van der Waals surface area contributed by atoms with Crippen LogP contribution in [0.1, 0.15) is 5.56 Å². The first-order valence-corrected chi connectivity index (χ1v) is 7.56. The molecular weight excluding hydrogens is 276 g/mol. The van der Waals surface area contributed by atoms with Crippen molar-refractivity contribution in [2.45, 2.75) is 6.54 Å². The van der Waals surface area contributed by atoms with Gasteiger partial charge < -0.3 is 5.32 Å². The van der Waals surface area contributed by atoms with E-state index in [1.165, 1.54) is 0 Å². The second-order valence-electron chi connectivity index (χ2n) is 3.59. The first kappa shape index (κ1) is 14.9. The van der Waals surface area contributed by atoms with E-state index in [4.69, 9.17) is 11.6 Å². The summed E-state index contributed by atoms with van der Waals surface area (Å²) in [4.78, 5) is 11.4. The number of hydrogen-bond donors (Lipinski definition) is 2. The Labute approximate surface area is 112 Å². The SMILES string of the molecule is O=C(CNS(=O)(=O)CCCl)NCc1ccccc1. The lowest BCUT2D eigenvalue weighted by atomic mass is 10.2. The Morgan fingerprint density at radius 3 is 2.50 bits per heavy atom. The number of sulfonamides is 1. The molecule has 0 aliphatic heterocycles. The van der Waals surface area contributed by atoms with Gasteiger partial charge in [-0.25, -0.2) is 13.1 Å². The van der Waals surface area contributed by atoms with E-state index in [0.29, 0.717) is 6.54 Å². The topological polar surface area (TPSA) is 75.3 Å². The molecule has 0 aliphatic carbocycles. The fourth-order valence-electron chi connectivity index (χ4n) is 1.21. The molecule has 1 rings (SSSR count). The molecular formula is C11H15ClN2O3S. The number of carbonyl (C=O) groups excluding carboxylic acids is 1. The molecule has 0 fully saturated rings. The van der Waals surface area contributed by atoms with Crippen molar-refractivity contribution in [2.75, 3.05) is 18.2 Å². The number of halogens is 1. The van der Waals surface area contributed by atoms with E-state index in [1.54, 1.807) is 0 Å². The van der Waals surface area contributed by atoms with Gasteiger partial charge in [-0.1, -0.05) is 30.3 Å². The maximum atomic E-state index is 11.4. The van der Waals surface area contributed by atoms with Crippen LogP contribution in [-0.4, -0.2) is 32.5 Å². The summed E-state index contributed by atoms with van der Waals surface area (Å²) in [5, 5.41) is 2.61. The highest BCUT2D eigenvalue weighted by Crippen LogP contribution is 1.96. The molecule has 0 aromatic heterocycles. The van der Waals surface area contributed by atoms with Gasteiger partial charge in [-0.3, -0.25) is 4.79 Å². The number of rotatable bonds is 7. The summed E-state index contributed by atoms with van der Waals surface area (Å²) < 4.78 is 24.6. The van der Waals surface area contributed by atoms with E-state index in [1.807, 2.05) is 30.3 Å². The van der Waals surface area contributed by atoms with Crippen molar-refractivity contribution in [3.8, 4) is 0 Å². The minimum atomic E-state index is -3.45. The first-order valence-electron chi connectivity index (χ1n) is 5.37. The summed E-state index contributed by atoms with van der Waals surface area (Å²) in [6.45, 7) is 0.100. The molecule has 1 aromatic carbocycles. The molecule has 18 heavy (non-hydrogen) atoms. The van der Waals surface area contributed by atoms with Crippen molar-refractivity contribution in [2.24, 2.45) is 0 Å². The third-order valence-corrected chi connectivity index (χ3v) is 3.87. The Balaban J connectivity index is 2.31. The maximum absolute atomic E-state index is 11.4. The van der Waals surface area contributed by atoms with Crippen LogP contribution in [0.4, 0.5) is 0 Å². The summed E-state index contributed by atoms with van der Waals surface area (Å²) in [7, 11) is -3.45. The van der Waals surface area contributed by atoms with Crippen LogP contribution in [0.2, 0.25) is 0 Å². The number of nitrogens with one attached hydrogen (secondary N) is 2. The molecule has 5 nitrogen and oxygen atoms in total. The second-order valence-corrected chi connectivity index (χ2v) is 5.90. The van der Waals surface area contributed by atoms with Gasteiger partial charge in [0.15, 0.2) is 0 Å². The molecule has 100 valence electrons. The van der Waals surface area contributed by atoms with Gasteiger partial charge in [0.05, 0.1) is 12.3 Å². The molecule has 1 aromatic rings. The zero-order valence-electron chi connectivity index (χ0n) is 9.73. The van der Waals surface area contributed by atoms with Crippen LogP contribution in [0.3, 0.4) is 0 Å². The van der Waals surface area contributed by atoms with Crippen molar-refractivity contribution < 1.29 is 13.2 Å². The molecule has 0 unspecified atom stereocenters. The van der Waals surface area contributed by atoms with Crippen molar-refractivity contribution in [1.29, 1.82) is 0 Å². The third-order valence-electron chi connectivity index (χ3n) is 2.13. The summed E-state index contributed by atoms with van der Waals surface area (Å²) in [6.07, 6.45) is 0. The standard InChI is InChI=1S/C11H15ClN2O3S/c12-6-7-18(16,17)14-9-11(15)13-8-10-4-2-1-3-5-10/h1-5,14H,6-9H2,(H,13,15). The summed E-state index contributed by atoms with van der Waals surface area (Å²) >= 11 is 5.32. The molecule has 0 atom stereocenters. The monoisotopic (exact) mass is 290 g/mol. The summed E-state index contributed by atoms with van der Waals surface area (Å²) in [6, 6.07) is 9.36. The fraction of sp³-hybridized carbons (Fsp3) is 0.364. The Morgan fingerprint density at radius 2 is 1.89 bits per heavy atom. The third kappa shape index (κ3) is 6.00. The molecule has 0 radical (unpaired) electrons. The predicted molar refractivity (Wildman–Crippen MR) is 70.8 cm³/mol. The van der Waals surface area contributed by atoms with Gasteiger partial charge in [0.25, 0.3) is 0 Å². The highest BCUT2D eigenvalue weighted by molar-refractivity contribution is 7.89. The van der Waals surface area contributed by atoms with Crippen molar-refractivity contribution in [1.82, 2.24) is 10.0 Å². The minimum absolute atomic E-state index is 0.000960. The van der Waals surface area contributed by atoms with Gasteiger partial charge in [-0.05, 0) is 5.56 Å². The largest absolute Gasteiger partial charge is 0.351 e. The van der Waals surface area contributed by atoms with Crippen LogP contribution in [0.5, 0.6) is 0 Å². The van der Waals surface area contributed by atoms with Crippen LogP contribution in [0.15, 0.2) is 30.3 Å². The van der Waals surface area contributed by atoms with Crippen molar-refractivity contribution >= 4 is 27.5 Å². The molecule has 0 bridgehead atoms. The number of amides is 1. The average molecular weight is 291 g/mol. The Bertz CT molecular complexity index is 476. The molecule has 0 spiro atoms. The average Bonchev–Trinajstić information content (AvgIpc) is 2.35. The molecule has 1 amide bonds. The Hall–Kier alpha value is -1.11. The summed E-state index contributed by atoms with van der Waals surface area (Å²) in [5.41, 5.74) is 0.953. The quantitative estimate of drug-likeness (QED) is 0.717. The molecule has 0 aliphatic rings. The minimum Gasteiger partial charge on any atom is -0.351 e. The number of benzene rings is 1. The van der Waals surface area contributed by atoms with Crippen molar-refractivity contribution in [3.63, 3.8) is 0 Å². The number of hydrogen-bond acceptors (Lipinski definition) is 3. The summed E-state index contributed by atoms with van der Waals surface area (Å²) in [5.74, 6) is -0.571. The fourth-order valence-corrected chi connectivity index (χ4v) is 2.52. The van der Waals surface area contributed by atoms with Gasteiger partial charge in [0, 0.05) is 12.4 Å². The zero-order chi connectivity index (χ0) is 13.4. The Kier molecular flexibility index (Phi) is 6.11. The number of alkyl halides is 1.